The monoisotopic (exact) mass is 404 g/mol. The molecule has 0 saturated carbocycles. The van der Waals surface area contributed by atoms with Crippen LogP contribution in [0.25, 0.3) is 11.3 Å². The van der Waals surface area contributed by atoms with Crippen LogP contribution in [0.5, 0.6) is 0 Å². The summed E-state index contributed by atoms with van der Waals surface area (Å²) in [5.74, 6) is 0.111. The van der Waals surface area contributed by atoms with Gasteiger partial charge in [0.1, 0.15) is 0 Å². The minimum Gasteiger partial charge on any atom is -0.369 e. The number of carbonyl (C=O) groups is 1. The van der Waals surface area contributed by atoms with E-state index in [1.165, 1.54) is 0 Å². The number of aromatic nitrogens is 4. The van der Waals surface area contributed by atoms with Crippen LogP contribution in [0, 0.1) is 0 Å². The van der Waals surface area contributed by atoms with Crippen LogP contribution in [0.15, 0.2) is 41.2 Å². The molecule has 3 N–H and O–H groups in total. The number of hydrogen-bond acceptors (Lipinski definition) is 5. The fourth-order valence-corrected chi connectivity index (χ4v) is 4.91. The van der Waals surface area contributed by atoms with Gasteiger partial charge in [-0.15, -0.1) is 0 Å². The Morgan fingerprint density at radius 2 is 1.90 bits per heavy atom. The Labute approximate surface area is 173 Å². The van der Waals surface area contributed by atoms with Gasteiger partial charge in [0.05, 0.1) is 11.4 Å². The second kappa shape index (κ2) is 6.83. The number of nitrogen functional groups attached to an aromatic ring is 1. The predicted octanol–water partition coefficient (Wildman–Crippen LogP) is 1.87. The summed E-state index contributed by atoms with van der Waals surface area (Å²) in [6, 6.07) is 11.8. The molecule has 8 heteroatoms. The SMILES string of the molecule is Cn1nc(C(=O)N2CCC3(CCc4c3nc(N)[nH]c4=O)CC2)cc1-c1ccccc1. The lowest BCUT2D eigenvalue weighted by Gasteiger charge is -2.39. The molecule has 0 bridgehead atoms. The number of benzene rings is 1. The van der Waals surface area contributed by atoms with Crippen LogP contribution in [0.1, 0.15) is 41.0 Å². The van der Waals surface area contributed by atoms with Crippen molar-refractivity contribution in [3.05, 3.63) is 63.7 Å². The number of rotatable bonds is 2. The smallest absolute Gasteiger partial charge is 0.274 e. The highest BCUT2D eigenvalue weighted by molar-refractivity contribution is 5.93. The number of aromatic amines is 1. The van der Waals surface area contributed by atoms with Crippen molar-refractivity contribution in [1.82, 2.24) is 24.6 Å². The van der Waals surface area contributed by atoms with Crippen molar-refractivity contribution >= 4 is 11.9 Å². The maximum atomic E-state index is 13.1. The van der Waals surface area contributed by atoms with Crippen molar-refractivity contribution in [2.75, 3.05) is 18.8 Å². The van der Waals surface area contributed by atoms with Crippen molar-refractivity contribution in [3.63, 3.8) is 0 Å². The summed E-state index contributed by atoms with van der Waals surface area (Å²) in [6.07, 6.45) is 3.15. The quantitative estimate of drug-likeness (QED) is 0.678. The number of piperidine rings is 1. The van der Waals surface area contributed by atoms with Gasteiger partial charge in [-0.25, -0.2) is 4.98 Å². The van der Waals surface area contributed by atoms with E-state index < -0.39 is 0 Å². The molecule has 0 atom stereocenters. The summed E-state index contributed by atoms with van der Waals surface area (Å²) in [4.78, 5) is 34.3. The van der Waals surface area contributed by atoms with Gasteiger partial charge in [0, 0.05) is 31.1 Å². The number of amides is 1. The molecule has 3 aromatic rings. The largest absolute Gasteiger partial charge is 0.369 e. The van der Waals surface area contributed by atoms with Crippen LogP contribution in [-0.4, -0.2) is 43.6 Å². The highest BCUT2D eigenvalue weighted by Gasteiger charge is 2.44. The van der Waals surface area contributed by atoms with E-state index in [-0.39, 0.29) is 22.8 Å². The van der Waals surface area contributed by atoms with E-state index in [2.05, 4.69) is 15.1 Å². The number of aryl methyl sites for hydroxylation is 1. The maximum Gasteiger partial charge on any atom is 0.274 e. The third-order valence-electron chi connectivity index (χ3n) is 6.57. The molecule has 8 nitrogen and oxygen atoms in total. The van der Waals surface area contributed by atoms with E-state index >= 15 is 0 Å². The highest BCUT2D eigenvalue weighted by Crippen LogP contribution is 2.44. The van der Waals surface area contributed by atoms with E-state index in [4.69, 9.17) is 5.73 Å². The summed E-state index contributed by atoms with van der Waals surface area (Å²) in [5.41, 5.74) is 9.49. The van der Waals surface area contributed by atoms with Crippen molar-refractivity contribution in [1.29, 1.82) is 0 Å². The number of hydrogen-bond donors (Lipinski definition) is 2. The minimum atomic E-state index is -0.159. The average Bonchev–Trinajstić information content (AvgIpc) is 3.30. The van der Waals surface area contributed by atoms with Crippen molar-refractivity contribution in [2.45, 2.75) is 31.1 Å². The van der Waals surface area contributed by atoms with Crippen LogP contribution >= 0.6 is 0 Å². The molecule has 154 valence electrons. The van der Waals surface area contributed by atoms with Crippen LogP contribution in [0.3, 0.4) is 0 Å². The molecule has 1 saturated heterocycles. The lowest BCUT2D eigenvalue weighted by molar-refractivity contribution is 0.0657. The molecule has 1 aliphatic carbocycles. The number of H-pyrrole nitrogens is 1. The number of nitrogens with two attached hydrogens (primary N) is 1. The molecule has 2 aromatic heterocycles. The summed E-state index contributed by atoms with van der Waals surface area (Å²) < 4.78 is 1.75. The van der Waals surface area contributed by atoms with Crippen molar-refractivity contribution in [3.8, 4) is 11.3 Å². The maximum absolute atomic E-state index is 13.1. The first-order chi connectivity index (χ1) is 14.5. The zero-order valence-electron chi connectivity index (χ0n) is 16.9. The van der Waals surface area contributed by atoms with E-state index in [0.29, 0.717) is 25.2 Å². The minimum absolute atomic E-state index is 0.0563. The molecular formula is C22H24N6O2. The molecule has 0 unspecified atom stereocenters. The summed E-state index contributed by atoms with van der Waals surface area (Å²) >= 11 is 0. The van der Waals surface area contributed by atoms with Crippen molar-refractivity contribution < 1.29 is 4.79 Å². The van der Waals surface area contributed by atoms with Crippen LogP contribution < -0.4 is 11.3 Å². The summed E-state index contributed by atoms with van der Waals surface area (Å²) in [7, 11) is 1.85. The fraction of sp³-hybridized carbons (Fsp3) is 0.364. The molecule has 0 radical (unpaired) electrons. The van der Waals surface area contributed by atoms with Gasteiger partial charge in [-0.2, -0.15) is 5.10 Å². The van der Waals surface area contributed by atoms with E-state index in [9.17, 15) is 9.59 Å². The second-order valence-electron chi connectivity index (χ2n) is 8.26. The third kappa shape index (κ3) is 2.91. The fourth-order valence-electron chi connectivity index (χ4n) is 4.91. The molecular weight excluding hydrogens is 380 g/mol. The highest BCUT2D eigenvalue weighted by atomic mass is 16.2. The van der Waals surface area contributed by atoms with Gasteiger partial charge in [-0.3, -0.25) is 19.3 Å². The first-order valence-corrected chi connectivity index (χ1v) is 10.2. The summed E-state index contributed by atoms with van der Waals surface area (Å²) in [6.45, 7) is 1.23. The van der Waals surface area contributed by atoms with Gasteiger partial charge in [0.25, 0.3) is 11.5 Å². The van der Waals surface area contributed by atoms with Crippen LogP contribution in [-0.2, 0) is 18.9 Å². The molecule has 1 spiro atoms. The second-order valence-corrected chi connectivity index (χ2v) is 8.26. The Morgan fingerprint density at radius 1 is 1.17 bits per heavy atom. The first kappa shape index (κ1) is 18.6. The average molecular weight is 404 g/mol. The molecule has 1 fully saturated rings. The van der Waals surface area contributed by atoms with Crippen molar-refractivity contribution in [2.24, 2.45) is 7.05 Å². The lowest BCUT2D eigenvalue weighted by atomic mass is 9.76. The molecule has 1 amide bonds. The zero-order valence-corrected chi connectivity index (χ0v) is 16.9. The Hall–Kier alpha value is -3.42. The standard InChI is InChI=1S/C22H24N6O2/c1-27-17(14-5-3-2-4-6-14)13-16(26-27)20(30)28-11-9-22(10-12-28)8-7-15-18(22)24-21(23)25-19(15)29/h2-6,13H,7-12H2,1H3,(H3,23,24,25,29). The van der Waals surface area contributed by atoms with E-state index in [1.54, 1.807) is 4.68 Å². The number of likely N-dealkylation sites (tertiary alicyclic amines) is 1. The van der Waals surface area contributed by atoms with Gasteiger partial charge in [0.2, 0.25) is 5.95 Å². The number of carbonyl (C=O) groups excluding carboxylic acids is 1. The normalized spacial score (nSPS) is 17.3. The Balaban J connectivity index is 1.35. The molecule has 2 aliphatic rings. The first-order valence-electron chi connectivity index (χ1n) is 10.2. The number of nitrogens with one attached hydrogen (secondary N) is 1. The number of anilines is 1. The Kier molecular flexibility index (Phi) is 4.23. The van der Waals surface area contributed by atoms with Gasteiger partial charge < -0.3 is 10.6 Å². The molecule has 30 heavy (non-hydrogen) atoms. The van der Waals surface area contributed by atoms with E-state index in [1.807, 2.05) is 48.3 Å². The summed E-state index contributed by atoms with van der Waals surface area (Å²) in [5, 5.41) is 4.46. The number of fused-ring (bicyclic) bond motifs is 2. The zero-order chi connectivity index (χ0) is 20.9. The molecule has 1 aliphatic heterocycles. The molecule has 3 heterocycles. The third-order valence-corrected chi connectivity index (χ3v) is 6.57. The van der Waals surface area contributed by atoms with Gasteiger partial charge in [-0.05, 0) is 37.3 Å². The molecule has 1 aromatic carbocycles. The lowest BCUT2D eigenvalue weighted by Crippen LogP contribution is -2.45. The van der Waals surface area contributed by atoms with Crippen LogP contribution in [0.2, 0.25) is 0 Å². The van der Waals surface area contributed by atoms with Gasteiger partial charge in [0.15, 0.2) is 5.69 Å². The topological polar surface area (TPSA) is 110 Å². The van der Waals surface area contributed by atoms with E-state index in [0.717, 1.165) is 41.8 Å². The Bertz CT molecular complexity index is 1170. The Morgan fingerprint density at radius 3 is 2.63 bits per heavy atom. The van der Waals surface area contributed by atoms with Gasteiger partial charge in [-0.1, -0.05) is 30.3 Å². The molecule has 5 rings (SSSR count). The van der Waals surface area contributed by atoms with Crippen LogP contribution in [0.4, 0.5) is 5.95 Å². The predicted molar refractivity (Wildman–Crippen MR) is 113 cm³/mol. The number of nitrogens with zero attached hydrogens (tertiary/aromatic N) is 4. The van der Waals surface area contributed by atoms with Gasteiger partial charge >= 0.3 is 0 Å².